The minimum Gasteiger partial charge on any atom is -0.422 e. The molecule has 5 rings (SSSR count). The molecule has 0 bridgehead atoms. The standard InChI is InChI=1S/C29H20ClN3O4S/c30-26-21-12-6-7-13-24(21)38-27(26)28(35)31-17-25(34)33-32-16-22-20-11-5-4-8-18(20)14-15-23(22)37-29(36)19-9-2-1-3-10-19/h1-16H,17H2,(H,31,35)(H,33,34). The van der Waals surface area contributed by atoms with Gasteiger partial charge in [0.25, 0.3) is 11.8 Å². The Kier molecular flexibility index (Phi) is 7.44. The van der Waals surface area contributed by atoms with E-state index in [1.54, 1.807) is 30.3 Å². The van der Waals surface area contributed by atoms with E-state index < -0.39 is 17.8 Å². The Morgan fingerprint density at radius 2 is 1.58 bits per heavy atom. The highest BCUT2D eigenvalue weighted by atomic mass is 35.5. The predicted octanol–water partition coefficient (Wildman–Crippen LogP) is 5.81. The molecule has 0 unspecified atom stereocenters. The summed E-state index contributed by atoms with van der Waals surface area (Å²) < 4.78 is 6.53. The van der Waals surface area contributed by atoms with Crippen LogP contribution in [0.1, 0.15) is 25.6 Å². The third kappa shape index (κ3) is 5.41. The lowest BCUT2D eigenvalue weighted by Crippen LogP contribution is -2.34. The van der Waals surface area contributed by atoms with Crippen molar-refractivity contribution in [2.24, 2.45) is 5.10 Å². The molecule has 9 heteroatoms. The molecule has 38 heavy (non-hydrogen) atoms. The van der Waals surface area contributed by atoms with Crippen LogP contribution in [0, 0.1) is 0 Å². The number of nitrogens with zero attached hydrogens (tertiary/aromatic N) is 1. The van der Waals surface area contributed by atoms with Gasteiger partial charge in [-0.05, 0) is 35.0 Å². The number of carbonyl (C=O) groups is 3. The SMILES string of the molecule is O=C(CNC(=O)c1sc2ccccc2c1Cl)NN=Cc1c(OC(=O)c2ccccc2)ccc2ccccc12. The van der Waals surface area contributed by atoms with Crippen molar-refractivity contribution in [3.8, 4) is 5.75 Å². The van der Waals surface area contributed by atoms with Gasteiger partial charge >= 0.3 is 5.97 Å². The molecule has 0 saturated heterocycles. The number of ether oxygens (including phenoxy) is 1. The molecule has 1 heterocycles. The molecule has 0 aliphatic heterocycles. The van der Waals surface area contributed by atoms with Gasteiger partial charge in [-0.15, -0.1) is 11.3 Å². The lowest BCUT2D eigenvalue weighted by Gasteiger charge is -2.10. The minimum atomic E-state index is -0.532. The molecular weight excluding hydrogens is 522 g/mol. The zero-order valence-corrected chi connectivity index (χ0v) is 21.4. The van der Waals surface area contributed by atoms with Gasteiger partial charge in [-0.2, -0.15) is 5.10 Å². The van der Waals surface area contributed by atoms with Crippen LogP contribution in [0.5, 0.6) is 5.75 Å². The number of esters is 1. The fourth-order valence-corrected chi connectivity index (χ4v) is 5.27. The van der Waals surface area contributed by atoms with Crippen LogP contribution in [0.15, 0.2) is 96.1 Å². The van der Waals surface area contributed by atoms with E-state index in [0.717, 1.165) is 20.9 Å². The van der Waals surface area contributed by atoms with Crippen LogP contribution in [0.25, 0.3) is 20.9 Å². The molecular formula is C29H20ClN3O4S. The van der Waals surface area contributed by atoms with Crippen LogP contribution in [0.3, 0.4) is 0 Å². The van der Waals surface area contributed by atoms with Gasteiger partial charge in [0.2, 0.25) is 0 Å². The number of fused-ring (bicyclic) bond motifs is 2. The molecule has 2 amide bonds. The summed E-state index contributed by atoms with van der Waals surface area (Å²) in [5.74, 6) is -1.19. The highest BCUT2D eigenvalue weighted by Gasteiger charge is 2.17. The van der Waals surface area contributed by atoms with Crippen LogP contribution >= 0.6 is 22.9 Å². The Morgan fingerprint density at radius 3 is 2.37 bits per heavy atom. The molecule has 4 aromatic carbocycles. The van der Waals surface area contributed by atoms with Crippen molar-refractivity contribution in [3.63, 3.8) is 0 Å². The van der Waals surface area contributed by atoms with Crippen molar-refractivity contribution < 1.29 is 19.1 Å². The topological polar surface area (TPSA) is 96.9 Å². The smallest absolute Gasteiger partial charge is 0.343 e. The summed E-state index contributed by atoms with van der Waals surface area (Å²) in [6.07, 6.45) is 1.42. The first-order chi connectivity index (χ1) is 18.5. The monoisotopic (exact) mass is 541 g/mol. The zero-order chi connectivity index (χ0) is 26.5. The van der Waals surface area contributed by atoms with Crippen LogP contribution in [-0.4, -0.2) is 30.5 Å². The average molecular weight is 542 g/mol. The molecule has 7 nitrogen and oxygen atoms in total. The number of amides is 2. The predicted molar refractivity (Wildman–Crippen MR) is 150 cm³/mol. The highest BCUT2D eigenvalue weighted by molar-refractivity contribution is 7.21. The van der Waals surface area contributed by atoms with Crippen LogP contribution in [0.4, 0.5) is 0 Å². The van der Waals surface area contributed by atoms with Gasteiger partial charge < -0.3 is 10.1 Å². The Balaban J connectivity index is 1.28. The van der Waals surface area contributed by atoms with Gasteiger partial charge in [0.05, 0.1) is 23.3 Å². The normalized spacial score (nSPS) is 11.1. The molecule has 0 radical (unpaired) electrons. The zero-order valence-electron chi connectivity index (χ0n) is 19.8. The fraction of sp³-hybridized carbons (Fsp3) is 0.0345. The van der Waals surface area contributed by atoms with E-state index in [0.29, 0.717) is 26.8 Å². The van der Waals surface area contributed by atoms with E-state index in [4.69, 9.17) is 16.3 Å². The van der Waals surface area contributed by atoms with Gasteiger partial charge in [-0.1, -0.05) is 78.3 Å². The number of hydrogen-bond donors (Lipinski definition) is 2. The average Bonchev–Trinajstić information content (AvgIpc) is 3.29. The first-order valence-corrected chi connectivity index (χ1v) is 12.8. The Labute approximate surface area is 226 Å². The molecule has 1 aromatic heterocycles. The Hall–Kier alpha value is -4.53. The van der Waals surface area contributed by atoms with E-state index in [-0.39, 0.29) is 6.54 Å². The quantitative estimate of drug-likeness (QED) is 0.118. The number of benzene rings is 4. The summed E-state index contributed by atoms with van der Waals surface area (Å²) in [6, 6.07) is 27.1. The fourth-order valence-electron chi connectivity index (χ4n) is 3.84. The van der Waals surface area contributed by atoms with Crippen molar-refractivity contribution in [1.29, 1.82) is 0 Å². The molecule has 2 N–H and O–H groups in total. The number of rotatable bonds is 7. The van der Waals surface area contributed by atoms with E-state index in [9.17, 15) is 14.4 Å². The molecule has 0 fully saturated rings. The van der Waals surface area contributed by atoms with Crippen LogP contribution in [-0.2, 0) is 4.79 Å². The Bertz CT molecular complexity index is 1700. The van der Waals surface area contributed by atoms with Crippen molar-refractivity contribution in [2.75, 3.05) is 6.54 Å². The number of nitrogens with one attached hydrogen (secondary N) is 2. The maximum atomic E-state index is 12.6. The molecule has 0 spiro atoms. The van der Waals surface area contributed by atoms with Gasteiger partial charge in [-0.25, -0.2) is 10.2 Å². The molecule has 188 valence electrons. The van der Waals surface area contributed by atoms with Crippen molar-refractivity contribution in [1.82, 2.24) is 10.7 Å². The highest BCUT2D eigenvalue weighted by Crippen LogP contribution is 2.35. The van der Waals surface area contributed by atoms with Gasteiger partial charge in [0, 0.05) is 15.6 Å². The second-order valence-electron chi connectivity index (χ2n) is 8.17. The second kappa shape index (κ2) is 11.2. The second-order valence-corrected chi connectivity index (χ2v) is 9.60. The third-order valence-corrected chi connectivity index (χ3v) is 7.35. The van der Waals surface area contributed by atoms with E-state index in [1.807, 2.05) is 60.7 Å². The molecule has 0 aliphatic rings. The number of hydrazone groups is 1. The molecule has 0 aliphatic carbocycles. The van der Waals surface area contributed by atoms with Crippen molar-refractivity contribution >= 4 is 67.8 Å². The number of thiophene rings is 1. The molecule has 0 saturated carbocycles. The first kappa shape index (κ1) is 25.1. The summed E-state index contributed by atoms with van der Waals surface area (Å²) in [5, 5.41) is 9.45. The molecule has 5 aromatic rings. The summed E-state index contributed by atoms with van der Waals surface area (Å²) in [5.41, 5.74) is 3.33. The summed E-state index contributed by atoms with van der Waals surface area (Å²) in [4.78, 5) is 38.0. The van der Waals surface area contributed by atoms with Crippen LogP contribution in [0.2, 0.25) is 5.02 Å². The number of halogens is 1. The van der Waals surface area contributed by atoms with Gasteiger partial charge in [-0.3, -0.25) is 9.59 Å². The summed E-state index contributed by atoms with van der Waals surface area (Å²) >= 11 is 7.60. The van der Waals surface area contributed by atoms with E-state index in [1.165, 1.54) is 17.6 Å². The third-order valence-electron chi connectivity index (χ3n) is 5.68. The Morgan fingerprint density at radius 1 is 0.868 bits per heavy atom. The lowest BCUT2D eigenvalue weighted by molar-refractivity contribution is -0.120. The van der Waals surface area contributed by atoms with Crippen molar-refractivity contribution in [2.45, 2.75) is 0 Å². The van der Waals surface area contributed by atoms with Gasteiger partial charge in [0.1, 0.15) is 10.6 Å². The van der Waals surface area contributed by atoms with Crippen molar-refractivity contribution in [3.05, 3.63) is 112 Å². The summed E-state index contributed by atoms with van der Waals surface area (Å²) in [7, 11) is 0. The maximum Gasteiger partial charge on any atom is 0.343 e. The largest absolute Gasteiger partial charge is 0.422 e. The minimum absolute atomic E-state index is 0.295. The molecule has 0 atom stereocenters. The number of hydrogen-bond acceptors (Lipinski definition) is 6. The maximum absolute atomic E-state index is 12.6. The van der Waals surface area contributed by atoms with E-state index in [2.05, 4.69) is 15.8 Å². The van der Waals surface area contributed by atoms with Crippen LogP contribution < -0.4 is 15.5 Å². The number of carbonyl (C=O) groups excluding carboxylic acids is 3. The first-order valence-electron chi connectivity index (χ1n) is 11.6. The van der Waals surface area contributed by atoms with Gasteiger partial charge in [0.15, 0.2) is 0 Å². The summed E-state index contributed by atoms with van der Waals surface area (Å²) in [6.45, 7) is -0.299. The van der Waals surface area contributed by atoms with E-state index >= 15 is 0 Å². The lowest BCUT2D eigenvalue weighted by atomic mass is 10.0.